The van der Waals surface area contributed by atoms with Crippen molar-refractivity contribution in [3.05, 3.63) is 96.1 Å². The van der Waals surface area contributed by atoms with E-state index in [0.717, 1.165) is 12.8 Å². The molecule has 0 heterocycles. The molecular weight excluding hydrogens is 268 g/mol. The van der Waals surface area contributed by atoms with Crippen LogP contribution in [0, 0.1) is 0 Å². The summed E-state index contributed by atoms with van der Waals surface area (Å²) in [6.45, 7) is 0. The van der Waals surface area contributed by atoms with Crippen molar-refractivity contribution in [3.8, 4) is 0 Å². The maximum absolute atomic E-state index is 3.95. The Labute approximate surface area is 132 Å². The minimum atomic E-state index is 0.910. The van der Waals surface area contributed by atoms with Crippen LogP contribution in [0.5, 0.6) is 0 Å². The van der Waals surface area contributed by atoms with Crippen LogP contribution in [0.4, 0.5) is 0 Å². The monoisotopic (exact) mass is 288 g/mol. The van der Waals surface area contributed by atoms with Crippen molar-refractivity contribution < 1.29 is 0 Å². The highest BCUT2D eigenvalue weighted by Gasteiger charge is 1.85. The molecule has 2 heteroatoms. The fourth-order valence-corrected chi connectivity index (χ4v) is 1.91. The van der Waals surface area contributed by atoms with E-state index in [0.29, 0.717) is 0 Å². The summed E-state index contributed by atoms with van der Waals surface area (Å²) in [7, 11) is 0. The van der Waals surface area contributed by atoms with Crippen LogP contribution >= 0.6 is 0 Å². The maximum atomic E-state index is 3.95. The van der Waals surface area contributed by atoms with Gasteiger partial charge in [0.05, 0.1) is 0 Å². The first kappa shape index (κ1) is 15.6. The third-order valence-corrected chi connectivity index (χ3v) is 3.04. The minimum absolute atomic E-state index is 0.910. The molecule has 0 fully saturated rings. The molecule has 0 aliphatic rings. The molecule has 22 heavy (non-hydrogen) atoms. The van der Waals surface area contributed by atoms with Crippen molar-refractivity contribution in [2.24, 2.45) is 10.2 Å². The van der Waals surface area contributed by atoms with Gasteiger partial charge in [0.15, 0.2) is 0 Å². The first-order valence-electron chi connectivity index (χ1n) is 7.39. The number of hydrogen-bond acceptors (Lipinski definition) is 2. The number of nitrogens with zero attached hydrogens (tertiary/aromatic N) is 2. The van der Waals surface area contributed by atoms with E-state index in [4.69, 9.17) is 0 Å². The summed E-state index contributed by atoms with van der Waals surface area (Å²) in [5.41, 5.74) is 2.58. The molecule has 0 radical (unpaired) electrons. The predicted octanol–water partition coefficient (Wildman–Crippen LogP) is 4.64. The highest BCUT2D eigenvalue weighted by Crippen LogP contribution is 2.00. The van der Waals surface area contributed by atoms with Crippen LogP contribution in [0.2, 0.25) is 0 Å². The lowest BCUT2D eigenvalue weighted by Gasteiger charge is -1.92. The van der Waals surface area contributed by atoms with Gasteiger partial charge < -0.3 is 0 Å². The number of benzene rings is 2. The highest BCUT2D eigenvalue weighted by molar-refractivity contribution is 5.74. The smallest absolute Gasteiger partial charge is 0.0492 e. The third-order valence-electron chi connectivity index (χ3n) is 3.04. The minimum Gasteiger partial charge on any atom is -0.159 e. The Balaban J connectivity index is 1.64. The molecule has 0 spiro atoms. The molecule has 0 bridgehead atoms. The van der Waals surface area contributed by atoms with Crippen LogP contribution in [-0.2, 0) is 12.8 Å². The SMILES string of the molecule is C(=C/Cc1ccccc1)/C=N/N=C\C=C\Cc1ccccc1. The van der Waals surface area contributed by atoms with E-state index in [1.165, 1.54) is 11.1 Å². The number of hydrogen-bond donors (Lipinski definition) is 0. The van der Waals surface area contributed by atoms with Gasteiger partial charge in [-0.05, 0) is 36.1 Å². The molecule has 2 aromatic carbocycles. The molecule has 0 aliphatic heterocycles. The van der Waals surface area contributed by atoms with Crippen molar-refractivity contribution in [1.29, 1.82) is 0 Å². The summed E-state index contributed by atoms with van der Waals surface area (Å²) in [6, 6.07) is 20.7. The molecular formula is C20H20N2. The summed E-state index contributed by atoms with van der Waals surface area (Å²) in [5.74, 6) is 0. The summed E-state index contributed by atoms with van der Waals surface area (Å²) in [4.78, 5) is 0. The van der Waals surface area contributed by atoms with Gasteiger partial charge in [-0.2, -0.15) is 10.2 Å². The Hall–Kier alpha value is -2.74. The van der Waals surface area contributed by atoms with E-state index in [-0.39, 0.29) is 0 Å². The van der Waals surface area contributed by atoms with Crippen molar-refractivity contribution in [2.75, 3.05) is 0 Å². The molecule has 0 saturated heterocycles. The van der Waals surface area contributed by atoms with Crippen LogP contribution in [-0.4, -0.2) is 12.4 Å². The third kappa shape index (κ3) is 6.62. The van der Waals surface area contributed by atoms with Gasteiger partial charge in [-0.3, -0.25) is 0 Å². The highest BCUT2D eigenvalue weighted by atomic mass is 15.2. The molecule has 2 nitrogen and oxygen atoms in total. The van der Waals surface area contributed by atoms with E-state index >= 15 is 0 Å². The van der Waals surface area contributed by atoms with Crippen LogP contribution in [0.25, 0.3) is 0 Å². The Morgan fingerprint density at radius 3 is 1.41 bits per heavy atom. The second kappa shape index (κ2) is 10.1. The topological polar surface area (TPSA) is 24.7 Å². The lowest BCUT2D eigenvalue weighted by atomic mass is 10.1. The molecule has 0 N–H and O–H groups in total. The van der Waals surface area contributed by atoms with Crippen molar-refractivity contribution in [2.45, 2.75) is 12.8 Å². The van der Waals surface area contributed by atoms with Gasteiger partial charge in [-0.15, -0.1) is 0 Å². The van der Waals surface area contributed by atoms with E-state index in [2.05, 4.69) is 46.6 Å². The summed E-state index contributed by atoms with van der Waals surface area (Å²) < 4.78 is 0. The van der Waals surface area contributed by atoms with Gasteiger partial charge in [-0.25, -0.2) is 0 Å². The summed E-state index contributed by atoms with van der Waals surface area (Å²) in [6.07, 6.45) is 13.2. The molecule has 0 amide bonds. The summed E-state index contributed by atoms with van der Waals surface area (Å²) in [5, 5.41) is 7.91. The molecule has 2 aromatic rings. The fraction of sp³-hybridized carbons (Fsp3) is 0.100. The largest absolute Gasteiger partial charge is 0.159 e. The molecule has 0 atom stereocenters. The average molecular weight is 288 g/mol. The molecule has 2 rings (SSSR count). The predicted molar refractivity (Wildman–Crippen MR) is 95.6 cm³/mol. The van der Waals surface area contributed by atoms with Crippen LogP contribution < -0.4 is 0 Å². The zero-order chi connectivity index (χ0) is 15.3. The van der Waals surface area contributed by atoms with E-state index in [1.54, 1.807) is 12.4 Å². The first-order chi connectivity index (χ1) is 10.9. The van der Waals surface area contributed by atoms with Crippen LogP contribution in [0.3, 0.4) is 0 Å². The van der Waals surface area contributed by atoms with Crippen molar-refractivity contribution in [1.82, 2.24) is 0 Å². The van der Waals surface area contributed by atoms with E-state index in [1.807, 2.05) is 48.6 Å². The van der Waals surface area contributed by atoms with Gasteiger partial charge in [0.25, 0.3) is 0 Å². The van der Waals surface area contributed by atoms with Crippen molar-refractivity contribution >= 4 is 12.4 Å². The Kier molecular flexibility index (Phi) is 7.15. The van der Waals surface area contributed by atoms with Gasteiger partial charge >= 0.3 is 0 Å². The molecule has 0 aliphatic carbocycles. The zero-order valence-corrected chi connectivity index (χ0v) is 12.5. The first-order valence-corrected chi connectivity index (χ1v) is 7.39. The maximum Gasteiger partial charge on any atom is 0.0492 e. The lowest BCUT2D eigenvalue weighted by molar-refractivity contribution is 1.25. The van der Waals surface area contributed by atoms with E-state index < -0.39 is 0 Å². The normalized spacial score (nSPS) is 12.2. The second-order valence-corrected chi connectivity index (χ2v) is 4.76. The zero-order valence-electron chi connectivity index (χ0n) is 12.5. The van der Waals surface area contributed by atoms with E-state index in [9.17, 15) is 0 Å². The molecule has 0 unspecified atom stereocenters. The van der Waals surface area contributed by atoms with Gasteiger partial charge in [0.1, 0.15) is 0 Å². The molecule has 0 saturated carbocycles. The van der Waals surface area contributed by atoms with Gasteiger partial charge in [0, 0.05) is 12.4 Å². The van der Waals surface area contributed by atoms with Gasteiger partial charge in [-0.1, -0.05) is 72.8 Å². The Morgan fingerprint density at radius 2 is 1.00 bits per heavy atom. The summed E-state index contributed by atoms with van der Waals surface area (Å²) >= 11 is 0. The number of rotatable bonds is 7. The lowest BCUT2D eigenvalue weighted by Crippen LogP contribution is -1.78. The average Bonchev–Trinajstić information content (AvgIpc) is 2.58. The van der Waals surface area contributed by atoms with Crippen LogP contribution in [0.1, 0.15) is 11.1 Å². The van der Waals surface area contributed by atoms with Crippen molar-refractivity contribution in [3.63, 3.8) is 0 Å². The Bertz CT molecular complexity index is 578. The Morgan fingerprint density at radius 1 is 0.591 bits per heavy atom. The molecule has 0 aromatic heterocycles. The van der Waals surface area contributed by atoms with Crippen LogP contribution in [0.15, 0.2) is 95.2 Å². The fourth-order valence-electron chi connectivity index (χ4n) is 1.91. The van der Waals surface area contributed by atoms with Gasteiger partial charge in [0.2, 0.25) is 0 Å². The second-order valence-electron chi connectivity index (χ2n) is 4.76. The molecule has 110 valence electrons. The standard InChI is InChI=1S/C20H20N2/c1-3-11-19(12-4-1)15-7-9-17-21-22-18-10-8-16-20-13-5-2-6-14-20/h1-14,17-18H,15-16H2/b9-7-,10-8+,21-17+,22-18-. The quantitative estimate of drug-likeness (QED) is 0.524. The number of allylic oxidation sites excluding steroid dienone is 4.